The molecule has 0 atom stereocenters. The minimum Gasteiger partial charge on any atom is -0.493 e. The van der Waals surface area contributed by atoms with Gasteiger partial charge in [0.2, 0.25) is 0 Å². The summed E-state index contributed by atoms with van der Waals surface area (Å²) in [6, 6.07) is 4.50. The van der Waals surface area contributed by atoms with E-state index in [-0.39, 0.29) is 34.5 Å². The third-order valence-corrected chi connectivity index (χ3v) is 6.33. The van der Waals surface area contributed by atoms with Gasteiger partial charge in [0.1, 0.15) is 9.79 Å². The summed E-state index contributed by atoms with van der Waals surface area (Å²) in [5.74, 6) is -0.296. The lowest BCUT2D eigenvalue weighted by atomic mass is 10.2. The number of hydrogen-bond donors (Lipinski definition) is 0. The Labute approximate surface area is 176 Å². The Bertz CT molecular complexity index is 1040. The first-order chi connectivity index (χ1) is 13.5. The zero-order valence-corrected chi connectivity index (χ0v) is 18.7. The van der Waals surface area contributed by atoms with E-state index < -0.39 is 27.9 Å². The molecule has 0 N–H and O–H groups in total. The van der Waals surface area contributed by atoms with Crippen LogP contribution >= 0.6 is 21.4 Å². The van der Waals surface area contributed by atoms with Crippen LogP contribution in [0.2, 0.25) is 0 Å². The molecule has 0 aromatic heterocycles. The smallest absolute Gasteiger partial charge is 0.265 e. The Hall–Kier alpha value is -2.08. The molecule has 0 radical (unpaired) electrons. The maximum atomic E-state index is 12.0. The molecule has 0 unspecified atom stereocenters. The second-order valence-electron chi connectivity index (χ2n) is 5.29. The van der Waals surface area contributed by atoms with E-state index in [0.29, 0.717) is 0 Å². The van der Waals surface area contributed by atoms with E-state index in [9.17, 15) is 16.8 Å². The molecule has 2 rings (SSSR count). The summed E-state index contributed by atoms with van der Waals surface area (Å²) in [5, 5.41) is 0. The number of hydrogen-bond acceptors (Lipinski definition) is 9. The topological polar surface area (TPSA) is 114 Å². The molecule has 0 bridgehead atoms. The van der Waals surface area contributed by atoms with E-state index in [1.807, 2.05) is 0 Å². The van der Waals surface area contributed by atoms with Gasteiger partial charge in [0.25, 0.3) is 18.1 Å². The van der Waals surface area contributed by atoms with Crippen LogP contribution in [0.1, 0.15) is 0 Å². The van der Waals surface area contributed by atoms with Gasteiger partial charge in [-0.25, -0.2) is 16.8 Å². The molecule has 0 spiro atoms. The summed E-state index contributed by atoms with van der Waals surface area (Å²) in [6.45, 7) is 0. The van der Waals surface area contributed by atoms with Gasteiger partial charge in [0.15, 0.2) is 34.5 Å². The molecule has 0 heterocycles. The van der Waals surface area contributed by atoms with Crippen LogP contribution in [0, 0.1) is 0 Å². The van der Waals surface area contributed by atoms with E-state index in [1.165, 1.54) is 40.6 Å². The van der Waals surface area contributed by atoms with Gasteiger partial charge in [-0.15, -0.1) is 0 Å². The van der Waals surface area contributed by atoms with E-state index in [2.05, 4.69) is 0 Å². The maximum Gasteiger partial charge on any atom is 0.265 e. The van der Waals surface area contributed by atoms with Crippen molar-refractivity contribution in [1.29, 1.82) is 0 Å². The molecule has 29 heavy (non-hydrogen) atoms. The number of methoxy groups -OCH3 is 4. The Kier molecular flexibility index (Phi) is 6.99. The van der Waals surface area contributed by atoms with Gasteiger partial charge in [-0.2, -0.15) is 0 Å². The first kappa shape index (κ1) is 23.2. The molecule has 0 amide bonds. The highest BCUT2D eigenvalue weighted by Crippen LogP contribution is 2.44. The van der Waals surface area contributed by atoms with Crippen molar-refractivity contribution in [2.45, 2.75) is 9.79 Å². The van der Waals surface area contributed by atoms with E-state index >= 15 is 0 Å². The molecule has 13 heteroatoms. The Morgan fingerprint density at radius 2 is 0.828 bits per heavy atom. The van der Waals surface area contributed by atoms with Gasteiger partial charge in [0.05, 0.1) is 28.4 Å². The van der Waals surface area contributed by atoms with Crippen molar-refractivity contribution in [3.63, 3.8) is 0 Å². The SMILES string of the molecule is COc1cc(Oc2cc(OC)c(OC)cc2S(=O)(=O)Cl)c(S(=O)(=O)Cl)cc1OC. The van der Waals surface area contributed by atoms with Gasteiger partial charge < -0.3 is 23.7 Å². The van der Waals surface area contributed by atoms with Gasteiger partial charge in [-0.05, 0) is 0 Å². The van der Waals surface area contributed by atoms with E-state index in [4.69, 9.17) is 45.0 Å². The summed E-state index contributed by atoms with van der Waals surface area (Å²) in [5.41, 5.74) is 0. The van der Waals surface area contributed by atoms with Crippen LogP contribution in [0.25, 0.3) is 0 Å². The van der Waals surface area contributed by atoms with Crippen LogP contribution in [0.3, 0.4) is 0 Å². The minimum absolute atomic E-state index is 0.0663. The number of ether oxygens (including phenoxy) is 5. The average molecular weight is 487 g/mol. The van der Waals surface area contributed by atoms with Crippen molar-refractivity contribution < 1.29 is 40.5 Å². The van der Waals surface area contributed by atoms with Crippen molar-refractivity contribution >= 4 is 39.5 Å². The predicted octanol–water partition coefficient (Wildman–Crippen LogP) is 3.37. The first-order valence-electron chi connectivity index (χ1n) is 7.55. The summed E-state index contributed by atoms with van der Waals surface area (Å²) in [6.07, 6.45) is 0. The minimum atomic E-state index is -4.31. The van der Waals surface area contributed by atoms with Crippen molar-refractivity contribution in [3.05, 3.63) is 24.3 Å². The van der Waals surface area contributed by atoms with Crippen LogP contribution in [0.15, 0.2) is 34.1 Å². The van der Waals surface area contributed by atoms with Crippen molar-refractivity contribution in [1.82, 2.24) is 0 Å². The zero-order valence-electron chi connectivity index (χ0n) is 15.6. The van der Waals surface area contributed by atoms with Gasteiger partial charge >= 0.3 is 0 Å². The molecule has 0 saturated heterocycles. The summed E-state index contributed by atoms with van der Waals surface area (Å²) >= 11 is 0. The van der Waals surface area contributed by atoms with Crippen LogP contribution in [0.5, 0.6) is 34.5 Å². The molecular weight excluding hydrogens is 471 g/mol. The highest BCUT2D eigenvalue weighted by molar-refractivity contribution is 8.14. The fourth-order valence-corrected chi connectivity index (χ4v) is 4.24. The number of benzene rings is 2. The second-order valence-corrected chi connectivity index (χ2v) is 10.4. The van der Waals surface area contributed by atoms with Crippen LogP contribution in [-0.4, -0.2) is 45.3 Å². The number of halogens is 2. The van der Waals surface area contributed by atoms with E-state index in [1.54, 1.807) is 0 Å². The third-order valence-electron chi connectivity index (χ3n) is 3.65. The third kappa shape index (κ3) is 5.10. The lowest BCUT2D eigenvalue weighted by Gasteiger charge is -2.17. The molecule has 0 aliphatic heterocycles. The maximum absolute atomic E-state index is 12.0. The normalized spacial score (nSPS) is 11.7. The highest BCUT2D eigenvalue weighted by atomic mass is 35.7. The van der Waals surface area contributed by atoms with E-state index in [0.717, 1.165) is 12.1 Å². The number of rotatable bonds is 8. The summed E-state index contributed by atoms with van der Waals surface area (Å²) in [7, 11) is 7.61. The molecule has 0 aliphatic carbocycles. The predicted molar refractivity (Wildman–Crippen MR) is 105 cm³/mol. The molecule has 0 aliphatic rings. The Morgan fingerprint density at radius 3 is 1.07 bits per heavy atom. The molecule has 9 nitrogen and oxygen atoms in total. The fourth-order valence-electron chi connectivity index (χ4n) is 2.34. The highest BCUT2D eigenvalue weighted by Gasteiger charge is 2.26. The van der Waals surface area contributed by atoms with Crippen LogP contribution in [0.4, 0.5) is 0 Å². The monoisotopic (exact) mass is 486 g/mol. The van der Waals surface area contributed by atoms with Gasteiger partial charge in [-0.3, -0.25) is 0 Å². The summed E-state index contributed by atoms with van der Waals surface area (Å²) < 4.78 is 74.0. The second kappa shape index (κ2) is 8.74. The summed E-state index contributed by atoms with van der Waals surface area (Å²) in [4.78, 5) is -0.964. The van der Waals surface area contributed by atoms with Crippen LogP contribution < -0.4 is 23.7 Å². The van der Waals surface area contributed by atoms with Crippen molar-refractivity contribution in [2.24, 2.45) is 0 Å². The molecule has 160 valence electrons. The lowest BCUT2D eigenvalue weighted by molar-refractivity contribution is 0.345. The largest absolute Gasteiger partial charge is 0.493 e. The molecule has 2 aromatic carbocycles. The van der Waals surface area contributed by atoms with Crippen molar-refractivity contribution in [2.75, 3.05) is 28.4 Å². The van der Waals surface area contributed by atoms with Crippen LogP contribution in [-0.2, 0) is 18.1 Å². The molecule has 0 saturated carbocycles. The Morgan fingerprint density at radius 1 is 0.552 bits per heavy atom. The molecule has 2 aromatic rings. The van der Waals surface area contributed by atoms with Gasteiger partial charge in [0, 0.05) is 45.6 Å². The average Bonchev–Trinajstić information content (AvgIpc) is 2.65. The molecule has 0 fully saturated rings. The lowest BCUT2D eigenvalue weighted by Crippen LogP contribution is -2.03. The van der Waals surface area contributed by atoms with Crippen molar-refractivity contribution in [3.8, 4) is 34.5 Å². The first-order valence-corrected chi connectivity index (χ1v) is 12.2. The Balaban J connectivity index is 2.79. The zero-order chi connectivity index (χ0) is 22.0. The molecular formula is C16H16Cl2O9S2. The van der Waals surface area contributed by atoms with Gasteiger partial charge in [-0.1, -0.05) is 0 Å². The quantitative estimate of drug-likeness (QED) is 0.517. The fraction of sp³-hybridized carbons (Fsp3) is 0.250. The standard InChI is InChI=1S/C16H16Cl2O9S2/c1-23-9-5-13(15(28(17,19)20)7-11(9)25-3)27-14-6-10(24-2)12(26-4)8-16(14)29(18,21)22/h5-8H,1-4H3.